The predicted octanol–water partition coefficient (Wildman–Crippen LogP) is 8.40. The highest BCUT2D eigenvalue weighted by molar-refractivity contribution is 7.93. The van der Waals surface area contributed by atoms with Gasteiger partial charge in [0.25, 0.3) is 26.0 Å². The molecular formula is C60H59F5N8O14S2. The molecular weight excluding hydrogens is 1220 g/mol. The molecule has 0 bridgehead atoms. The van der Waals surface area contributed by atoms with E-state index in [2.05, 4.69) is 34.9 Å². The van der Waals surface area contributed by atoms with Crippen molar-refractivity contribution >= 4 is 84.7 Å². The topological polar surface area (TPSA) is 303 Å². The lowest BCUT2D eigenvalue weighted by molar-refractivity contribution is -0.105. The number of carbonyl (C=O) groups is 6. The molecule has 1 aliphatic heterocycles. The second-order valence-electron chi connectivity index (χ2n) is 18.0. The number of nitrogens with two attached hydrogens (primary N) is 1. The van der Waals surface area contributed by atoms with Crippen LogP contribution in [-0.2, 0) is 43.8 Å². The summed E-state index contributed by atoms with van der Waals surface area (Å²) in [7, 11) is 1.39. The number of anilines is 5. The molecule has 1 fully saturated rings. The molecule has 1 saturated heterocycles. The number of halogens is 5. The van der Waals surface area contributed by atoms with Crippen LogP contribution in [-0.4, -0.2) is 127 Å². The van der Waals surface area contributed by atoms with Crippen molar-refractivity contribution < 1.29 is 86.5 Å². The number of nitrogens with one attached hydrogen (secondary N) is 3. The minimum atomic E-state index is -3.84. The molecule has 1 aliphatic rings. The fourth-order valence-corrected chi connectivity index (χ4v) is 9.99. The summed E-state index contributed by atoms with van der Waals surface area (Å²) in [5.74, 6) is -7.18. The van der Waals surface area contributed by atoms with Crippen molar-refractivity contribution in [2.75, 3.05) is 87.6 Å². The van der Waals surface area contributed by atoms with Gasteiger partial charge in [0.15, 0.2) is 6.19 Å². The molecule has 89 heavy (non-hydrogen) atoms. The fraction of sp³-hybridized carbons (Fsp3) is 0.183. The van der Waals surface area contributed by atoms with Crippen molar-refractivity contribution in [3.63, 3.8) is 0 Å². The number of hydrogen-bond acceptors (Lipinski definition) is 18. The van der Waals surface area contributed by atoms with Gasteiger partial charge in [-0.2, -0.15) is 5.26 Å². The lowest BCUT2D eigenvalue weighted by Gasteiger charge is -2.20. The molecule has 2 amide bonds. The van der Waals surface area contributed by atoms with Crippen molar-refractivity contribution in [1.82, 2.24) is 10.2 Å². The average molecular weight is 1280 g/mol. The van der Waals surface area contributed by atoms with E-state index in [1.54, 1.807) is 49.5 Å². The monoisotopic (exact) mass is 1270 g/mol. The Kier molecular flexibility index (Phi) is 26.6. The number of rotatable bonds is 15. The maximum Gasteiger partial charge on any atom is 0.340 e. The van der Waals surface area contributed by atoms with Crippen molar-refractivity contribution in [3.05, 3.63) is 209 Å². The summed E-state index contributed by atoms with van der Waals surface area (Å²) in [5, 5.41) is 16.6. The maximum atomic E-state index is 14.5. The predicted molar refractivity (Wildman–Crippen MR) is 318 cm³/mol. The summed E-state index contributed by atoms with van der Waals surface area (Å²) < 4.78 is 137. The van der Waals surface area contributed by atoms with Gasteiger partial charge >= 0.3 is 23.9 Å². The van der Waals surface area contributed by atoms with Gasteiger partial charge in [-0.15, -0.1) is 0 Å². The van der Waals surface area contributed by atoms with Crippen molar-refractivity contribution in [2.45, 2.75) is 22.3 Å². The van der Waals surface area contributed by atoms with Gasteiger partial charge in [-0.3, -0.25) is 18.2 Å². The Bertz CT molecular complexity index is 3930. The van der Waals surface area contributed by atoms with E-state index in [9.17, 15) is 67.6 Å². The highest BCUT2D eigenvalue weighted by Gasteiger charge is 2.27. The zero-order valence-electron chi connectivity index (χ0n) is 48.5. The molecule has 0 aromatic heterocycles. The van der Waals surface area contributed by atoms with Crippen LogP contribution in [0.15, 0.2) is 161 Å². The van der Waals surface area contributed by atoms with Gasteiger partial charge in [0, 0.05) is 57.3 Å². The third-order valence-electron chi connectivity index (χ3n) is 12.4. The van der Waals surface area contributed by atoms with Gasteiger partial charge in [-0.05, 0) is 122 Å². The standard InChI is InChI=1S/C19H19FN4O3S.C15H14FNO4S.C9H8FNO3.C9H10FNO2.C8H8FNO2/c1-23(28(26,27)16-5-3-2-4-6-16)15-7-8-17(18(20)11-15)19(25)22-14-9-10-24(12-14)13-21;1-17(22(19,20)12-6-4-3-5-7-12)11-8-9-13(14(16)10-11)15(18)21-2;1-14-9(13)7-3-2-6(11-5-12)4-8(7)10;1-11-6-3-4-7(8(10)5-6)9(12)13-2;1-12-8(11)6-3-2-5(10)4-7(6)9/h2-8,11,14H,9-10,12H2,1H3,(H,22,25);3-10H,1-2H3;2-5H,1H3,(H,11,12);3-5,11H,1-2H3;2-4H,10H2,1H3/t14-;;;;/m1..../s1. The molecule has 22 nitrogen and oxygen atoms in total. The van der Waals surface area contributed by atoms with Gasteiger partial charge in [0.1, 0.15) is 29.1 Å². The Morgan fingerprint density at radius 1 is 0.562 bits per heavy atom. The number of methoxy groups -OCH3 is 4. The largest absolute Gasteiger partial charge is 0.465 e. The lowest BCUT2D eigenvalue weighted by Crippen LogP contribution is -2.36. The first kappa shape index (κ1) is 70.9. The molecule has 0 saturated carbocycles. The minimum absolute atomic E-state index is 0.0542. The number of carbonyl (C=O) groups excluding carboxylic acids is 6. The number of nitrogen functional groups attached to an aromatic ring is 1. The number of amides is 2. The summed E-state index contributed by atoms with van der Waals surface area (Å²) in [6.45, 7) is 0.936. The number of likely N-dealkylation sites (tertiary alicyclic amines) is 1. The Labute approximate surface area is 509 Å². The van der Waals surface area contributed by atoms with Crippen LogP contribution in [0.25, 0.3) is 0 Å². The minimum Gasteiger partial charge on any atom is -0.465 e. The van der Waals surface area contributed by atoms with Crippen LogP contribution in [0.1, 0.15) is 58.2 Å². The van der Waals surface area contributed by atoms with Crippen molar-refractivity contribution in [2.24, 2.45) is 0 Å². The first-order valence-corrected chi connectivity index (χ1v) is 28.6. The molecule has 5 N–H and O–H groups in total. The second-order valence-corrected chi connectivity index (χ2v) is 22.0. The number of benzene rings is 7. The highest BCUT2D eigenvalue weighted by Crippen LogP contribution is 2.27. The van der Waals surface area contributed by atoms with E-state index in [1.807, 2.05) is 6.19 Å². The third kappa shape index (κ3) is 19.5. The molecule has 7 aromatic rings. The molecule has 0 aliphatic carbocycles. The highest BCUT2D eigenvalue weighted by atomic mass is 32.2. The molecule has 0 unspecified atom stereocenters. The number of esters is 4. The summed E-state index contributed by atoms with van der Waals surface area (Å²) >= 11 is 0. The normalized spacial score (nSPS) is 12.0. The van der Waals surface area contributed by atoms with Gasteiger partial charge in [-0.25, -0.2) is 58.0 Å². The third-order valence-corrected chi connectivity index (χ3v) is 16.0. The van der Waals surface area contributed by atoms with E-state index in [4.69, 9.17) is 11.0 Å². The SMILES string of the molecule is CN(c1ccc(C(=O)N[C@@H]2CCN(C#N)C2)c(F)c1)S(=O)(=O)c1ccccc1.CNc1ccc(C(=O)OC)c(F)c1.COC(=O)c1ccc(N(C)S(=O)(=O)c2ccccc2)cc1F.COC(=O)c1ccc(N)cc1F.COC(=O)c1ccc(NC=O)cc1F. The smallest absolute Gasteiger partial charge is 0.340 e. The van der Waals surface area contributed by atoms with Crippen LogP contribution < -0.4 is 30.3 Å². The molecule has 8 rings (SSSR count). The average Bonchev–Trinajstić information content (AvgIpc) is 1.69. The van der Waals surface area contributed by atoms with E-state index < -0.39 is 78.9 Å². The Balaban J connectivity index is 0.000000248. The molecule has 1 atom stereocenters. The van der Waals surface area contributed by atoms with Crippen molar-refractivity contribution in [3.8, 4) is 6.19 Å². The van der Waals surface area contributed by atoms with Gasteiger partial charge in [-0.1, -0.05) is 36.4 Å². The van der Waals surface area contributed by atoms with Gasteiger partial charge < -0.3 is 45.5 Å². The van der Waals surface area contributed by atoms with Crippen LogP contribution in [0.2, 0.25) is 0 Å². The first-order valence-electron chi connectivity index (χ1n) is 25.7. The summed E-state index contributed by atoms with van der Waals surface area (Å²) in [6.07, 6.45) is 3.04. The molecule has 470 valence electrons. The summed E-state index contributed by atoms with van der Waals surface area (Å²) in [4.78, 5) is 68.2. The van der Waals surface area contributed by atoms with Crippen LogP contribution in [0.3, 0.4) is 0 Å². The molecule has 29 heteroatoms. The van der Waals surface area contributed by atoms with Crippen LogP contribution in [0.5, 0.6) is 0 Å². The van der Waals surface area contributed by atoms with Gasteiger partial charge in [0.05, 0.1) is 77.4 Å². The van der Waals surface area contributed by atoms with Crippen LogP contribution >= 0.6 is 0 Å². The number of sulfonamides is 2. The molecule has 1 heterocycles. The number of nitrogens with zero attached hydrogens (tertiary/aromatic N) is 4. The van der Waals surface area contributed by atoms with E-state index >= 15 is 0 Å². The van der Waals surface area contributed by atoms with Gasteiger partial charge in [0.2, 0.25) is 6.41 Å². The van der Waals surface area contributed by atoms with E-state index in [0.29, 0.717) is 31.6 Å². The second kappa shape index (κ2) is 33.3. The zero-order valence-corrected chi connectivity index (χ0v) is 50.1. The maximum absolute atomic E-state index is 14.5. The number of hydrogen-bond donors (Lipinski definition) is 4. The molecule has 7 aromatic carbocycles. The summed E-state index contributed by atoms with van der Waals surface area (Å²) in [6, 6.07) is 34.3. The Morgan fingerprint density at radius 2 is 0.933 bits per heavy atom. The van der Waals surface area contributed by atoms with E-state index in [-0.39, 0.29) is 66.4 Å². The number of ether oxygens (including phenoxy) is 4. The fourth-order valence-electron chi connectivity index (χ4n) is 7.57. The first-order chi connectivity index (χ1) is 42.2. The quantitative estimate of drug-likeness (QED) is 0.0187. The Morgan fingerprint density at radius 3 is 1.29 bits per heavy atom. The van der Waals surface area contributed by atoms with E-state index in [0.717, 1.165) is 40.0 Å². The zero-order chi connectivity index (χ0) is 66.2. The van der Waals surface area contributed by atoms with Crippen LogP contribution in [0, 0.1) is 40.5 Å². The summed E-state index contributed by atoms with van der Waals surface area (Å²) in [5.41, 5.74) is 5.91. The van der Waals surface area contributed by atoms with Crippen molar-refractivity contribution in [1.29, 1.82) is 5.26 Å². The van der Waals surface area contributed by atoms with E-state index in [1.165, 1.54) is 125 Å². The Hall–Kier alpha value is -10.6. The lowest BCUT2D eigenvalue weighted by atomic mass is 10.1. The number of nitriles is 1. The molecule has 0 spiro atoms. The molecule has 0 radical (unpaired) electrons. The van der Waals surface area contributed by atoms with Crippen LogP contribution in [0.4, 0.5) is 50.4 Å².